The Morgan fingerprint density at radius 1 is 1.63 bits per heavy atom. The molecule has 1 aromatic rings. The maximum Gasteiger partial charge on any atom is 0.264 e. The summed E-state index contributed by atoms with van der Waals surface area (Å²) in [6, 6.07) is 1.34. The van der Waals surface area contributed by atoms with Crippen molar-refractivity contribution in [3.8, 4) is 0 Å². The first-order chi connectivity index (χ1) is 9.01. The van der Waals surface area contributed by atoms with Crippen LogP contribution in [0, 0.1) is 0 Å². The van der Waals surface area contributed by atoms with Gasteiger partial charge in [0.15, 0.2) is 0 Å². The molecule has 2 N–H and O–H groups in total. The SMILES string of the molecule is CO[C@@H]1CN[C@H](C(=O)Nc2cc(Br)c(=O)n(C)c2)C1. The van der Waals surface area contributed by atoms with Gasteiger partial charge in [0.1, 0.15) is 0 Å². The van der Waals surface area contributed by atoms with Crippen LogP contribution < -0.4 is 16.2 Å². The monoisotopic (exact) mass is 329 g/mol. The van der Waals surface area contributed by atoms with Crippen LogP contribution in [0.1, 0.15) is 6.42 Å². The molecule has 6 nitrogen and oxygen atoms in total. The van der Waals surface area contributed by atoms with E-state index >= 15 is 0 Å². The molecular formula is C12H16BrN3O3. The van der Waals surface area contributed by atoms with Gasteiger partial charge in [0.05, 0.1) is 22.3 Å². The van der Waals surface area contributed by atoms with Gasteiger partial charge in [-0.2, -0.15) is 0 Å². The number of amides is 1. The van der Waals surface area contributed by atoms with E-state index in [0.29, 0.717) is 23.1 Å². The Morgan fingerprint density at radius 2 is 2.37 bits per heavy atom. The molecule has 2 atom stereocenters. The van der Waals surface area contributed by atoms with Crippen molar-refractivity contribution in [1.29, 1.82) is 0 Å². The lowest BCUT2D eigenvalue weighted by Crippen LogP contribution is -2.35. The van der Waals surface area contributed by atoms with Gasteiger partial charge in [0, 0.05) is 26.9 Å². The van der Waals surface area contributed by atoms with E-state index in [2.05, 4.69) is 26.6 Å². The van der Waals surface area contributed by atoms with Gasteiger partial charge in [-0.15, -0.1) is 0 Å². The number of pyridine rings is 1. The van der Waals surface area contributed by atoms with Crippen LogP contribution in [0.5, 0.6) is 0 Å². The third-order valence-electron chi connectivity index (χ3n) is 3.15. The van der Waals surface area contributed by atoms with Crippen molar-refractivity contribution in [2.75, 3.05) is 19.0 Å². The molecular weight excluding hydrogens is 314 g/mol. The standard InChI is InChI=1S/C12H16BrN3O3/c1-16-6-7(3-9(13)12(16)18)15-11(17)10-4-8(19-2)5-14-10/h3,6,8,10,14H,4-5H2,1-2H3,(H,15,17)/t8-,10-/m0/s1. The third kappa shape index (κ3) is 3.23. The number of aryl methyl sites for hydroxylation is 1. The second-order valence-electron chi connectivity index (χ2n) is 4.54. The molecule has 1 aliphatic rings. The minimum Gasteiger partial charge on any atom is -0.380 e. The molecule has 1 fully saturated rings. The van der Waals surface area contributed by atoms with Gasteiger partial charge in [0.2, 0.25) is 5.91 Å². The predicted molar refractivity (Wildman–Crippen MR) is 75.2 cm³/mol. The van der Waals surface area contributed by atoms with Crippen LogP contribution in [-0.4, -0.2) is 36.3 Å². The average Bonchev–Trinajstić information content (AvgIpc) is 2.84. The summed E-state index contributed by atoms with van der Waals surface area (Å²) in [5, 5.41) is 5.89. The number of aromatic nitrogens is 1. The van der Waals surface area contributed by atoms with Gasteiger partial charge in [-0.25, -0.2) is 0 Å². The summed E-state index contributed by atoms with van der Waals surface area (Å²) < 4.78 is 7.04. The molecule has 0 spiro atoms. The molecule has 1 amide bonds. The molecule has 2 rings (SSSR count). The van der Waals surface area contributed by atoms with Crippen molar-refractivity contribution in [3.05, 3.63) is 27.1 Å². The molecule has 1 aromatic heterocycles. The number of methoxy groups -OCH3 is 1. The largest absolute Gasteiger partial charge is 0.380 e. The van der Waals surface area contributed by atoms with E-state index in [1.165, 1.54) is 4.57 Å². The highest BCUT2D eigenvalue weighted by molar-refractivity contribution is 9.10. The fourth-order valence-corrected chi connectivity index (χ4v) is 2.58. The van der Waals surface area contributed by atoms with Crippen LogP contribution in [0.25, 0.3) is 0 Å². The second-order valence-corrected chi connectivity index (χ2v) is 5.39. The van der Waals surface area contributed by atoms with Crippen molar-refractivity contribution >= 4 is 27.5 Å². The molecule has 0 bridgehead atoms. The molecule has 0 saturated carbocycles. The smallest absolute Gasteiger partial charge is 0.264 e. The minimum atomic E-state index is -0.263. The van der Waals surface area contributed by atoms with Crippen LogP contribution in [0.15, 0.2) is 21.5 Å². The maximum atomic E-state index is 12.1. The van der Waals surface area contributed by atoms with Crippen molar-refractivity contribution < 1.29 is 9.53 Å². The minimum absolute atomic E-state index is 0.0719. The Labute approximate surface area is 119 Å². The highest BCUT2D eigenvalue weighted by Crippen LogP contribution is 2.14. The summed E-state index contributed by atoms with van der Waals surface area (Å²) in [5.74, 6) is -0.120. The molecule has 2 heterocycles. The van der Waals surface area contributed by atoms with E-state index in [4.69, 9.17) is 4.74 Å². The van der Waals surface area contributed by atoms with Gasteiger partial charge in [-0.3, -0.25) is 9.59 Å². The number of nitrogens with zero attached hydrogens (tertiary/aromatic N) is 1. The molecule has 104 valence electrons. The van der Waals surface area contributed by atoms with Crippen LogP contribution in [0.3, 0.4) is 0 Å². The molecule has 1 saturated heterocycles. The van der Waals surface area contributed by atoms with Crippen molar-refractivity contribution in [1.82, 2.24) is 9.88 Å². The fourth-order valence-electron chi connectivity index (χ4n) is 2.05. The summed E-state index contributed by atoms with van der Waals surface area (Å²) in [6.45, 7) is 0.672. The number of nitrogens with one attached hydrogen (secondary N) is 2. The fraction of sp³-hybridized carbons (Fsp3) is 0.500. The van der Waals surface area contributed by atoms with E-state index < -0.39 is 0 Å². The zero-order chi connectivity index (χ0) is 14.0. The lowest BCUT2D eigenvalue weighted by Gasteiger charge is -2.12. The maximum absolute atomic E-state index is 12.1. The van der Waals surface area contributed by atoms with Gasteiger partial charge < -0.3 is 19.9 Å². The molecule has 0 radical (unpaired) electrons. The Kier molecular flexibility index (Phi) is 4.38. The Hall–Kier alpha value is -1.18. The topological polar surface area (TPSA) is 72.4 Å². The van der Waals surface area contributed by atoms with Gasteiger partial charge in [0.25, 0.3) is 5.56 Å². The predicted octanol–water partition coefficient (Wildman–Crippen LogP) is 0.463. The first-order valence-corrected chi connectivity index (χ1v) is 6.73. The number of carbonyl (C=O) groups is 1. The molecule has 0 aliphatic carbocycles. The number of hydrogen-bond acceptors (Lipinski definition) is 4. The summed E-state index contributed by atoms with van der Waals surface area (Å²) in [5.41, 5.74) is 0.443. The molecule has 1 aliphatic heterocycles. The van der Waals surface area contributed by atoms with Crippen molar-refractivity contribution in [2.24, 2.45) is 7.05 Å². The molecule has 19 heavy (non-hydrogen) atoms. The van der Waals surface area contributed by atoms with Gasteiger partial charge in [-0.05, 0) is 28.4 Å². The Balaban J connectivity index is 2.05. The van der Waals surface area contributed by atoms with E-state index in [1.807, 2.05) is 0 Å². The van der Waals surface area contributed by atoms with Crippen molar-refractivity contribution in [2.45, 2.75) is 18.6 Å². The highest BCUT2D eigenvalue weighted by atomic mass is 79.9. The number of carbonyl (C=O) groups excluding carboxylic acids is 1. The highest BCUT2D eigenvalue weighted by Gasteiger charge is 2.29. The quantitative estimate of drug-likeness (QED) is 0.845. The lowest BCUT2D eigenvalue weighted by atomic mass is 10.2. The molecule has 0 unspecified atom stereocenters. The molecule has 7 heteroatoms. The van der Waals surface area contributed by atoms with E-state index in [9.17, 15) is 9.59 Å². The third-order valence-corrected chi connectivity index (χ3v) is 3.72. The first-order valence-electron chi connectivity index (χ1n) is 5.94. The van der Waals surface area contributed by atoms with Gasteiger partial charge >= 0.3 is 0 Å². The zero-order valence-electron chi connectivity index (χ0n) is 10.8. The lowest BCUT2D eigenvalue weighted by molar-refractivity contribution is -0.118. The average molecular weight is 330 g/mol. The van der Waals surface area contributed by atoms with Crippen LogP contribution in [0.4, 0.5) is 5.69 Å². The number of hydrogen-bond donors (Lipinski definition) is 2. The second kappa shape index (κ2) is 5.85. The Morgan fingerprint density at radius 3 is 2.95 bits per heavy atom. The summed E-state index contributed by atoms with van der Waals surface area (Å²) in [7, 11) is 3.27. The van der Waals surface area contributed by atoms with E-state index in [-0.39, 0.29) is 23.6 Å². The molecule has 0 aromatic carbocycles. The summed E-state index contributed by atoms with van der Waals surface area (Å²) in [6.07, 6.45) is 2.31. The van der Waals surface area contributed by atoms with Crippen LogP contribution in [0.2, 0.25) is 0 Å². The number of rotatable bonds is 3. The first kappa shape index (κ1) is 14.2. The van der Waals surface area contributed by atoms with Crippen LogP contribution >= 0.6 is 15.9 Å². The number of halogens is 1. The number of ether oxygens (including phenoxy) is 1. The van der Waals surface area contributed by atoms with Gasteiger partial charge in [-0.1, -0.05) is 0 Å². The van der Waals surface area contributed by atoms with Crippen molar-refractivity contribution in [3.63, 3.8) is 0 Å². The van der Waals surface area contributed by atoms with Crippen LogP contribution in [-0.2, 0) is 16.6 Å². The van der Waals surface area contributed by atoms with E-state index in [1.54, 1.807) is 26.4 Å². The normalized spacial score (nSPS) is 22.5. The Bertz CT molecular complexity index is 517. The summed E-state index contributed by atoms with van der Waals surface area (Å²) >= 11 is 3.17. The number of anilines is 1. The van der Waals surface area contributed by atoms with E-state index in [0.717, 1.165) is 0 Å². The zero-order valence-corrected chi connectivity index (χ0v) is 12.4. The summed E-state index contributed by atoms with van der Waals surface area (Å²) in [4.78, 5) is 23.6.